The van der Waals surface area contributed by atoms with Gasteiger partial charge in [-0.05, 0) is 35.2 Å². The van der Waals surface area contributed by atoms with Crippen LogP contribution < -0.4 is 9.75 Å². The second-order valence-corrected chi connectivity index (χ2v) is 12.5. The van der Waals surface area contributed by atoms with E-state index in [0.717, 1.165) is 0 Å². The molecule has 21 heavy (non-hydrogen) atoms. The van der Waals surface area contributed by atoms with E-state index in [9.17, 15) is 0 Å². The minimum atomic E-state index is -1.29. The van der Waals surface area contributed by atoms with Crippen LogP contribution in [0.1, 0.15) is 30.9 Å². The largest absolute Gasteiger partial charge is 0.212 e. The lowest BCUT2D eigenvalue weighted by Crippen LogP contribution is -2.42. The number of pyridine rings is 1. The maximum atomic E-state index is 2.41. The Morgan fingerprint density at radius 2 is 1.67 bits per heavy atom. The van der Waals surface area contributed by atoms with Gasteiger partial charge in [0.2, 0.25) is 5.69 Å². The minimum absolute atomic E-state index is 0.565. The van der Waals surface area contributed by atoms with Crippen molar-refractivity contribution in [1.29, 1.82) is 0 Å². The number of benzene rings is 1. The van der Waals surface area contributed by atoms with Crippen molar-refractivity contribution in [2.75, 3.05) is 0 Å². The maximum Gasteiger partial charge on any atom is 0.212 e. The number of rotatable bonds is 3. The van der Waals surface area contributed by atoms with Crippen LogP contribution in [0.5, 0.6) is 0 Å². The van der Waals surface area contributed by atoms with Gasteiger partial charge in [-0.1, -0.05) is 45.6 Å². The van der Waals surface area contributed by atoms with Crippen molar-refractivity contribution in [3.05, 3.63) is 47.7 Å². The molecule has 2 heteroatoms. The number of nitrogens with zero attached hydrogens (tertiary/aromatic N) is 1. The van der Waals surface area contributed by atoms with Gasteiger partial charge in [-0.25, -0.2) is 4.57 Å². The molecule has 0 amide bonds. The van der Waals surface area contributed by atoms with Gasteiger partial charge in [0.05, 0.1) is 8.07 Å². The highest BCUT2D eigenvalue weighted by Gasteiger charge is 2.21. The van der Waals surface area contributed by atoms with Crippen LogP contribution in [0.4, 0.5) is 0 Å². The molecule has 0 atom stereocenters. The minimum Gasteiger partial charge on any atom is -0.201 e. The van der Waals surface area contributed by atoms with Crippen molar-refractivity contribution < 1.29 is 4.57 Å². The molecule has 2 rings (SSSR count). The lowest BCUT2D eigenvalue weighted by Gasteiger charge is -2.17. The van der Waals surface area contributed by atoms with Crippen molar-refractivity contribution in [3.8, 4) is 11.3 Å². The average Bonchev–Trinajstić information content (AvgIpc) is 2.38. The van der Waals surface area contributed by atoms with Crippen molar-refractivity contribution in [3.63, 3.8) is 0 Å². The van der Waals surface area contributed by atoms with Crippen molar-refractivity contribution in [1.82, 2.24) is 0 Å². The first-order valence-corrected chi connectivity index (χ1v) is 11.3. The van der Waals surface area contributed by atoms with Gasteiger partial charge < -0.3 is 0 Å². The van der Waals surface area contributed by atoms with E-state index in [-0.39, 0.29) is 0 Å². The SMILES string of the molecule is Cc1ccc(C(C)C)cc1-c1cc([Si](C)(C)C)cc[n+]1C. The average molecular weight is 299 g/mol. The summed E-state index contributed by atoms with van der Waals surface area (Å²) in [5, 5.41) is 1.52. The van der Waals surface area contributed by atoms with Crippen LogP contribution >= 0.6 is 0 Å². The van der Waals surface area contributed by atoms with Crippen LogP contribution in [0, 0.1) is 6.92 Å². The molecule has 1 aromatic carbocycles. The van der Waals surface area contributed by atoms with Crippen LogP contribution in [0.3, 0.4) is 0 Å². The molecule has 1 aromatic heterocycles. The van der Waals surface area contributed by atoms with Gasteiger partial charge in [0, 0.05) is 17.7 Å². The van der Waals surface area contributed by atoms with Crippen molar-refractivity contribution in [2.45, 2.75) is 46.3 Å². The Hall–Kier alpha value is -1.41. The molecule has 0 saturated heterocycles. The summed E-state index contributed by atoms with van der Waals surface area (Å²) in [5.41, 5.74) is 5.45. The van der Waals surface area contributed by atoms with Gasteiger partial charge in [0.15, 0.2) is 6.20 Å². The molecular formula is C19H28NSi+. The molecule has 1 nitrogen and oxygen atoms in total. The molecule has 0 aliphatic heterocycles. The summed E-state index contributed by atoms with van der Waals surface area (Å²) in [6.07, 6.45) is 2.21. The van der Waals surface area contributed by atoms with Crippen LogP contribution in [0.25, 0.3) is 11.3 Å². The summed E-state index contributed by atoms with van der Waals surface area (Å²) in [7, 11) is 0.857. The zero-order valence-corrected chi connectivity index (χ0v) is 15.5. The van der Waals surface area contributed by atoms with Crippen LogP contribution in [0.15, 0.2) is 36.5 Å². The molecule has 112 valence electrons. The summed E-state index contributed by atoms with van der Waals surface area (Å²) >= 11 is 0. The Bertz CT molecular complexity index is 651. The lowest BCUT2D eigenvalue weighted by atomic mass is 9.96. The molecule has 0 bridgehead atoms. The number of aryl methyl sites for hydroxylation is 2. The first-order chi connectivity index (χ1) is 9.70. The van der Waals surface area contributed by atoms with Gasteiger partial charge in [-0.3, -0.25) is 0 Å². The standard InChI is InChI=1S/C19H28NSi/c1-14(2)16-9-8-15(3)18(12-16)19-13-17(21(5,6)7)10-11-20(19)4/h8-14H,1-7H3/q+1. The second kappa shape index (κ2) is 5.76. The maximum absolute atomic E-state index is 2.41. The van der Waals surface area contributed by atoms with E-state index < -0.39 is 8.07 Å². The Kier molecular flexibility index (Phi) is 4.38. The van der Waals surface area contributed by atoms with Crippen LogP contribution in [-0.4, -0.2) is 8.07 Å². The summed E-state index contributed by atoms with van der Waals surface area (Å²) < 4.78 is 2.25. The fourth-order valence-corrected chi connectivity index (χ4v) is 3.72. The summed E-state index contributed by atoms with van der Waals surface area (Å²) in [4.78, 5) is 0. The summed E-state index contributed by atoms with van der Waals surface area (Å²) in [5.74, 6) is 0.565. The number of hydrogen-bond donors (Lipinski definition) is 0. The van der Waals surface area contributed by atoms with E-state index in [0.29, 0.717) is 5.92 Å². The van der Waals surface area contributed by atoms with E-state index in [1.165, 1.54) is 27.6 Å². The molecule has 0 aliphatic carbocycles. The number of aromatic nitrogens is 1. The Morgan fingerprint density at radius 1 is 1.00 bits per heavy atom. The van der Waals surface area contributed by atoms with E-state index in [2.05, 4.69) is 88.6 Å². The first-order valence-electron chi connectivity index (χ1n) is 7.81. The van der Waals surface area contributed by atoms with E-state index in [1.807, 2.05) is 0 Å². The zero-order chi connectivity index (χ0) is 15.8. The van der Waals surface area contributed by atoms with Gasteiger partial charge in [-0.2, -0.15) is 0 Å². The van der Waals surface area contributed by atoms with E-state index >= 15 is 0 Å². The third kappa shape index (κ3) is 3.43. The van der Waals surface area contributed by atoms with Crippen molar-refractivity contribution in [2.24, 2.45) is 7.05 Å². The molecule has 0 unspecified atom stereocenters. The van der Waals surface area contributed by atoms with E-state index in [4.69, 9.17) is 0 Å². The molecule has 0 saturated carbocycles. The molecule has 0 aliphatic rings. The fourth-order valence-electron chi connectivity index (χ4n) is 2.58. The smallest absolute Gasteiger partial charge is 0.201 e. The lowest BCUT2D eigenvalue weighted by molar-refractivity contribution is -0.660. The Morgan fingerprint density at radius 3 is 2.24 bits per heavy atom. The van der Waals surface area contributed by atoms with Gasteiger partial charge in [0.1, 0.15) is 7.05 Å². The fraction of sp³-hybridized carbons (Fsp3) is 0.421. The van der Waals surface area contributed by atoms with Crippen molar-refractivity contribution >= 4 is 13.3 Å². The monoisotopic (exact) mass is 298 g/mol. The second-order valence-electron chi connectivity index (χ2n) is 7.39. The quantitative estimate of drug-likeness (QED) is 0.592. The third-order valence-electron chi connectivity index (χ3n) is 4.22. The normalized spacial score (nSPS) is 12.0. The van der Waals surface area contributed by atoms with Gasteiger partial charge >= 0.3 is 0 Å². The predicted molar refractivity (Wildman–Crippen MR) is 94.9 cm³/mol. The highest BCUT2D eigenvalue weighted by atomic mass is 28.3. The predicted octanol–water partition coefficient (Wildman–Crippen LogP) is 4.16. The highest BCUT2D eigenvalue weighted by Crippen LogP contribution is 2.25. The molecule has 0 N–H and O–H groups in total. The van der Waals surface area contributed by atoms with Crippen LogP contribution in [0.2, 0.25) is 19.6 Å². The molecule has 0 radical (unpaired) electrons. The summed E-state index contributed by atoms with van der Waals surface area (Å²) in [6.45, 7) is 13.9. The molecule has 2 aromatic rings. The summed E-state index contributed by atoms with van der Waals surface area (Å²) in [6, 6.07) is 11.6. The third-order valence-corrected chi connectivity index (χ3v) is 6.26. The zero-order valence-electron chi connectivity index (χ0n) is 14.5. The topological polar surface area (TPSA) is 3.88 Å². The molecule has 1 heterocycles. The Balaban J connectivity index is 2.63. The first kappa shape index (κ1) is 16.0. The number of hydrogen-bond acceptors (Lipinski definition) is 0. The van der Waals surface area contributed by atoms with E-state index in [1.54, 1.807) is 0 Å². The highest BCUT2D eigenvalue weighted by molar-refractivity contribution is 6.88. The molecule has 0 fully saturated rings. The molecule has 0 spiro atoms. The molecular weight excluding hydrogens is 270 g/mol. The van der Waals surface area contributed by atoms with Gasteiger partial charge in [-0.15, -0.1) is 0 Å². The van der Waals surface area contributed by atoms with Gasteiger partial charge in [0.25, 0.3) is 0 Å². The van der Waals surface area contributed by atoms with Crippen LogP contribution in [-0.2, 0) is 7.05 Å². The Labute approximate surface area is 130 Å².